The zero-order valence-corrected chi connectivity index (χ0v) is 8.61. The number of carbonyl (C=O) groups is 1. The van der Waals surface area contributed by atoms with Crippen LogP contribution in [0.25, 0.3) is 0 Å². The molecule has 2 heteroatoms. The summed E-state index contributed by atoms with van der Waals surface area (Å²) in [5.41, 5.74) is -0.0133. The third-order valence-electron chi connectivity index (χ3n) is 4.45. The molecule has 0 aromatic heterocycles. The zero-order chi connectivity index (χ0) is 9.15. The van der Waals surface area contributed by atoms with Crippen molar-refractivity contribution in [1.82, 2.24) is 0 Å². The predicted octanol–water partition coefficient (Wildman–Crippen LogP) is 2.62. The van der Waals surface area contributed by atoms with E-state index < -0.39 is 0 Å². The Hall–Kier alpha value is -0.0400. The van der Waals surface area contributed by atoms with Crippen LogP contribution >= 0.6 is 11.6 Å². The van der Waals surface area contributed by atoms with Crippen LogP contribution in [0.15, 0.2) is 0 Å². The van der Waals surface area contributed by atoms with Gasteiger partial charge in [0.05, 0.1) is 5.38 Å². The summed E-state index contributed by atoms with van der Waals surface area (Å²) in [7, 11) is 0. The number of rotatable bonds is 0. The molecule has 0 heterocycles. The fourth-order valence-electron chi connectivity index (χ4n) is 2.98. The summed E-state index contributed by atoms with van der Waals surface area (Å²) in [4.78, 5) is 11.8. The van der Waals surface area contributed by atoms with Crippen molar-refractivity contribution in [2.24, 2.45) is 16.7 Å². The van der Waals surface area contributed by atoms with Crippen molar-refractivity contribution < 1.29 is 4.79 Å². The Morgan fingerprint density at radius 1 is 1.42 bits per heavy atom. The lowest BCUT2D eigenvalue weighted by molar-refractivity contribution is -0.127. The SMILES string of the molecule is CC12CCC(C(Cl)C1=O)C2(C)C. The highest BCUT2D eigenvalue weighted by atomic mass is 35.5. The van der Waals surface area contributed by atoms with Gasteiger partial charge in [0.2, 0.25) is 0 Å². The van der Waals surface area contributed by atoms with Gasteiger partial charge in [0.25, 0.3) is 0 Å². The lowest BCUT2D eigenvalue weighted by Crippen LogP contribution is -2.33. The third-order valence-corrected chi connectivity index (χ3v) is 4.95. The average molecular weight is 187 g/mol. The van der Waals surface area contributed by atoms with Crippen molar-refractivity contribution in [3.8, 4) is 0 Å². The van der Waals surface area contributed by atoms with Crippen molar-refractivity contribution in [3.63, 3.8) is 0 Å². The molecule has 0 aliphatic heterocycles. The number of hydrogen-bond acceptors (Lipinski definition) is 1. The molecule has 2 rings (SSSR count). The largest absolute Gasteiger partial charge is 0.297 e. The number of halogens is 1. The minimum atomic E-state index is -0.209. The molecule has 2 aliphatic rings. The normalized spacial score (nSPS) is 50.2. The highest BCUT2D eigenvalue weighted by Crippen LogP contribution is 2.64. The summed E-state index contributed by atoms with van der Waals surface area (Å²) in [6.45, 7) is 6.45. The van der Waals surface area contributed by atoms with Gasteiger partial charge in [-0.05, 0) is 24.2 Å². The van der Waals surface area contributed by atoms with Crippen LogP contribution in [0.2, 0.25) is 0 Å². The molecule has 3 unspecified atom stereocenters. The number of hydrogen-bond donors (Lipinski definition) is 0. The van der Waals surface area contributed by atoms with Crippen LogP contribution in [0.3, 0.4) is 0 Å². The van der Waals surface area contributed by atoms with Gasteiger partial charge in [0.15, 0.2) is 5.78 Å². The minimum absolute atomic E-state index is 0.122. The van der Waals surface area contributed by atoms with Gasteiger partial charge in [-0.15, -0.1) is 11.6 Å². The van der Waals surface area contributed by atoms with Crippen LogP contribution in [0.5, 0.6) is 0 Å². The first-order chi connectivity index (χ1) is 5.41. The van der Waals surface area contributed by atoms with Gasteiger partial charge in [-0.25, -0.2) is 0 Å². The number of ketones is 1. The Morgan fingerprint density at radius 2 is 2.00 bits per heavy atom. The minimum Gasteiger partial charge on any atom is -0.297 e. The molecule has 0 saturated heterocycles. The van der Waals surface area contributed by atoms with Crippen molar-refractivity contribution >= 4 is 17.4 Å². The highest BCUT2D eigenvalue weighted by Gasteiger charge is 2.65. The van der Waals surface area contributed by atoms with Gasteiger partial charge in [-0.1, -0.05) is 20.8 Å². The molecule has 0 aromatic carbocycles. The van der Waals surface area contributed by atoms with E-state index in [0.717, 1.165) is 12.8 Å². The van der Waals surface area contributed by atoms with Gasteiger partial charge >= 0.3 is 0 Å². The maximum atomic E-state index is 11.8. The second-order valence-corrected chi connectivity index (χ2v) is 5.44. The van der Waals surface area contributed by atoms with Gasteiger partial charge in [-0.2, -0.15) is 0 Å². The van der Waals surface area contributed by atoms with Crippen LogP contribution in [0.1, 0.15) is 33.6 Å². The second kappa shape index (κ2) is 2.06. The third kappa shape index (κ3) is 0.654. The number of alkyl halides is 1. The topological polar surface area (TPSA) is 17.1 Å². The van der Waals surface area contributed by atoms with Gasteiger partial charge in [0.1, 0.15) is 0 Å². The summed E-state index contributed by atoms with van der Waals surface area (Å²) in [6.07, 6.45) is 2.16. The zero-order valence-electron chi connectivity index (χ0n) is 7.86. The van der Waals surface area contributed by atoms with E-state index in [0.29, 0.717) is 5.92 Å². The molecule has 0 aromatic rings. The first-order valence-electron chi connectivity index (χ1n) is 4.59. The Kier molecular flexibility index (Phi) is 1.47. The Balaban J connectivity index is 2.50. The summed E-state index contributed by atoms with van der Waals surface area (Å²) < 4.78 is 0. The van der Waals surface area contributed by atoms with Crippen LogP contribution in [-0.2, 0) is 4.79 Å². The van der Waals surface area contributed by atoms with E-state index in [4.69, 9.17) is 11.6 Å². The molecule has 1 nitrogen and oxygen atoms in total. The fraction of sp³-hybridized carbons (Fsp3) is 0.900. The van der Waals surface area contributed by atoms with Gasteiger partial charge < -0.3 is 0 Å². The number of carbonyl (C=O) groups excluding carboxylic acids is 1. The molecule has 68 valence electrons. The number of Topliss-reactive ketones (excluding diaryl/α,β-unsaturated/α-hetero) is 1. The van der Waals surface area contributed by atoms with Crippen molar-refractivity contribution in [3.05, 3.63) is 0 Å². The molecular formula is C10H15ClO. The molecular weight excluding hydrogens is 172 g/mol. The smallest absolute Gasteiger partial charge is 0.157 e. The van der Waals surface area contributed by atoms with Crippen LogP contribution in [-0.4, -0.2) is 11.2 Å². The molecule has 3 atom stereocenters. The highest BCUT2D eigenvalue weighted by molar-refractivity contribution is 6.33. The Bertz CT molecular complexity index is 246. The second-order valence-electron chi connectivity index (χ2n) is 4.96. The molecule has 2 bridgehead atoms. The monoisotopic (exact) mass is 186 g/mol. The molecule has 2 fully saturated rings. The lowest BCUT2D eigenvalue weighted by atomic mass is 9.70. The van der Waals surface area contributed by atoms with E-state index in [2.05, 4.69) is 20.8 Å². The van der Waals surface area contributed by atoms with E-state index in [9.17, 15) is 4.79 Å². The molecule has 0 N–H and O–H groups in total. The molecule has 0 spiro atoms. The fourth-order valence-corrected chi connectivity index (χ4v) is 3.66. The molecule has 12 heavy (non-hydrogen) atoms. The van der Waals surface area contributed by atoms with Crippen molar-refractivity contribution in [2.45, 2.75) is 39.0 Å². The Labute approximate surface area is 78.5 Å². The van der Waals surface area contributed by atoms with Gasteiger partial charge in [-0.3, -0.25) is 4.79 Å². The lowest BCUT2D eigenvalue weighted by Gasteiger charge is -2.32. The standard InChI is InChI=1S/C10H15ClO/c1-9(2)6-4-5-10(9,3)8(12)7(6)11/h6-7H,4-5H2,1-3H3. The van der Waals surface area contributed by atoms with E-state index >= 15 is 0 Å². The van der Waals surface area contributed by atoms with Gasteiger partial charge in [0, 0.05) is 5.41 Å². The van der Waals surface area contributed by atoms with Crippen LogP contribution in [0, 0.1) is 16.7 Å². The number of fused-ring (bicyclic) bond motifs is 2. The Morgan fingerprint density at radius 3 is 2.25 bits per heavy atom. The molecule has 0 radical (unpaired) electrons. The van der Waals surface area contributed by atoms with Crippen LogP contribution < -0.4 is 0 Å². The molecule has 2 saturated carbocycles. The van der Waals surface area contributed by atoms with Crippen LogP contribution in [0.4, 0.5) is 0 Å². The average Bonchev–Trinajstić information content (AvgIpc) is 2.26. The molecule has 2 aliphatic carbocycles. The molecule has 0 amide bonds. The van der Waals surface area contributed by atoms with E-state index in [1.807, 2.05) is 0 Å². The van der Waals surface area contributed by atoms with E-state index in [1.54, 1.807) is 0 Å². The van der Waals surface area contributed by atoms with Crippen molar-refractivity contribution in [2.75, 3.05) is 0 Å². The summed E-state index contributed by atoms with van der Waals surface area (Å²) in [5, 5.41) is -0.209. The van der Waals surface area contributed by atoms with Crippen molar-refractivity contribution in [1.29, 1.82) is 0 Å². The first kappa shape index (κ1) is 8.55. The maximum absolute atomic E-state index is 11.8. The van der Waals surface area contributed by atoms with E-state index in [1.165, 1.54) is 0 Å². The quantitative estimate of drug-likeness (QED) is 0.532. The summed E-state index contributed by atoms with van der Waals surface area (Å²) in [6, 6.07) is 0. The maximum Gasteiger partial charge on any atom is 0.157 e. The summed E-state index contributed by atoms with van der Waals surface area (Å²) >= 11 is 6.08. The van der Waals surface area contributed by atoms with E-state index in [-0.39, 0.29) is 22.0 Å². The first-order valence-corrected chi connectivity index (χ1v) is 5.03. The predicted molar refractivity (Wildman–Crippen MR) is 49.3 cm³/mol. The summed E-state index contributed by atoms with van der Waals surface area (Å²) in [5.74, 6) is 0.696.